The van der Waals surface area contributed by atoms with Crippen molar-refractivity contribution in [2.45, 2.75) is 37.9 Å². The van der Waals surface area contributed by atoms with Crippen molar-refractivity contribution in [1.29, 1.82) is 0 Å². The van der Waals surface area contributed by atoms with Gasteiger partial charge in [0.2, 0.25) is 0 Å². The van der Waals surface area contributed by atoms with Gasteiger partial charge in [-0.05, 0) is 25.7 Å². The summed E-state index contributed by atoms with van der Waals surface area (Å²) < 4.78 is 5.56. The molecule has 0 spiro atoms. The average molecular weight is 256 g/mol. The lowest BCUT2D eigenvalue weighted by Crippen LogP contribution is -2.46. The molecule has 0 bridgehead atoms. The third-order valence-electron chi connectivity index (χ3n) is 3.73. The Morgan fingerprint density at radius 3 is 2.72 bits per heavy atom. The number of carbonyl (C=O) groups excluding carboxylic acids is 1. The van der Waals surface area contributed by atoms with Gasteiger partial charge in [-0.3, -0.25) is 9.59 Å². The molecule has 2 aliphatic heterocycles. The summed E-state index contributed by atoms with van der Waals surface area (Å²) in [6.07, 6.45) is 2.44. The number of hydrogen-bond acceptors (Lipinski definition) is 4. The molecular weight excluding hydrogens is 236 g/mol. The van der Waals surface area contributed by atoms with Gasteiger partial charge in [0.25, 0.3) is 5.91 Å². The monoisotopic (exact) mass is 256 g/mol. The molecule has 3 unspecified atom stereocenters. The molecule has 2 saturated heterocycles. The van der Waals surface area contributed by atoms with Gasteiger partial charge < -0.3 is 20.5 Å². The molecule has 6 heteroatoms. The van der Waals surface area contributed by atoms with Crippen LogP contribution in [0.15, 0.2) is 0 Å². The molecule has 3 N–H and O–H groups in total. The number of nitrogens with zero attached hydrogens (tertiary/aromatic N) is 1. The Kier molecular flexibility index (Phi) is 4.19. The van der Waals surface area contributed by atoms with Crippen LogP contribution in [0, 0.1) is 5.92 Å². The van der Waals surface area contributed by atoms with Gasteiger partial charge in [0.05, 0.1) is 12.0 Å². The van der Waals surface area contributed by atoms with E-state index in [4.69, 9.17) is 15.6 Å². The summed E-state index contributed by atoms with van der Waals surface area (Å²) in [6, 6.07) is 0. The van der Waals surface area contributed by atoms with E-state index < -0.39 is 18.0 Å². The summed E-state index contributed by atoms with van der Waals surface area (Å²) in [6.45, 7) is 1.37. The average Bonchev–Trinajstić information content (AvgIpc) is 2.86. The molecule has 3 atom stereocenters. The lowest BCUT2D eigenvalue weighted by molar-refractivity contribution is -0.150. The van der Waals surface area contributed by atoms with Crippen LogP contribution in [0.1, 0.15) is 25.7 Å². The van der Waals surface area contributed by atoms with Crippen molar-refractivity contribution >= 4 is 11.9 Å². The maximum Gasteiger partial charge on any atom is 0.308 e. The highest BCUT2D eigenvalue weighted by molar-refractivity contribution is 5.82. The maximum atomic E-state index is 12.2. The van der Waals surface area contributed by atoms with Crippen LogP contribution < -0.4 is 5.73 Å². The molecule has 1 amide bonds. The minimum atomic E-state index is -0.820. The Morgan fingerprint density at radius 2 is 2.11 bits per heavy atom. The minimum absolute atomic E-state index is 0.0287. The first kappa shape index (κ1) is 13.3. The highest BCUT2D eigenvalue weighted by Gasteiger charge is 2.36. The van der Waals surface area contributed by atoms with Crippen molar-refractivity contribution in [3.05, 3.63) is 0 Å². The zero-order valence-corrected chi connectivity index (χ0v) is 10.4. The molecular formula is C12H20N2O4. The Labute approximate surface area is 106 Å². The third kappa shape index (κ3) is 2.81. The van der Waals surface area contributed by atoms with Crippen LogP contribution in [-0.4, -0.2) is 53.7 Å². The van der Waals surface area contributed by atoms with Crippen LogP contribution in [0.4, 0.5) is 0 Å². The highest BCUT2D eigenvalue weighted by atomic mass is 16.5. The van der Waals surface area contributed by atoms with Crippen molar-refractivity contribution in [1.82, 2.24) is 4.90 Å². The zero-order chi connectivity index (χ0) is 13.1. The first-order valence-electron chi connectivity index (χ1n) is 6.49. The molecule has 6 nitrogen and oxygen atoms in total. The van der Waals surface area contributed by atoms with Crippen molar-refractivity contribution in [2.24, 2.45) is 11.7 Å². The standard InChI is InChI=1S/C12H20N2O4/c13-6-9-3-4-10(18-9)11(15)14-5-1-2-8(7-14)12(16)17/h8-10H,1-7,13H2,(H,16,17). The first-order valence-corrected chi connectivity index (χ1v) is 6.49. The first-order chi connectivity index (χ1) is 8.61. The maximum absolute atomic E-state index is 12.2. The smallest absolute Gasteiger partial charge is 0.308 e. The fourth-order valence-electron chi connectivity index (χ4n) is 2.64. The molecule has 2 rings (SSSR count). The molecule has 18 heavy (non-hydrogen) atoms. The van der Waals surface area contributed by atoms with Crippen molar-refractivity contribution < 1.29 is 19.4 Å². The fraction of sp³-hybridized carbons (Fsp3) is 0.833. The molecule has 0 aromatic carbocycles. The highest BCUT2D eigenvalue weighted by Crippen LogP contribution is 2.24. The van der Waals surface area contributed by atoms with Gasteiger partial charge in [0.15, 0.2) is 0 Å². The minimum Gasteiger partial charge on any atom is -0.481 e. The number of amides is 1. The number of nitrogens with two attached hydrogens (primary N) is 1. The van der Waals surface area contributed by atoms with Gasteiger partial charge in [-0.2, -0.15) is 0 Å². The summed E-state index contributed by atoms with van der Waals surface area (Å²) in [7, 11) is 0. The number of aliphatic carboxylic acids is 1. The number of piperidine rings is 1. The topological polar surface area (TPSA) is 92.9 Å². The van der Waals surface area contributed by atoms with E-state index in [0.717, 1.165) is 12.8 Å². The Hall–Kier alpha value is -1.14. The van der Waals surface area contributed by atoms with Crippen LogP contribution in [0.25, 0.3) is 0 Å². The van der Waals surface area contributed by atoms with E-state index in [2.05, 4.69) is 0 Å². The van der Waals surface area contributed by atoms with Gasteiger partial charge in [-0.25, -0.2) is 0 Å². The predicted octanol–water partition coefficient (Wildman–Crippen LogP) is -0.184. The van der Waals surface area contributed by atoms with Crippen molar-refractivity contribution in [3.63, 3.8) is 0 Å². The number of carbonyl (C=O) groups is 2. The Balaban J connectivity index is 1.91. The van der Waals surface area contributed by atoms with E-state index in [1.807, 2.05) is 0 Å². The van der Waals surface area contributed by atoms with Crippen molar-refractivity contribution in [2.75, 3.05) is 19.6 Å². The van der Waals surface area contributed by atoms with E-state index >= 15 is 0 Å². The van der Waals surface area contributed by atoms with Gasteiger partial charge in [0, 0.05) is 19.6 Å². The summed E-state index contributed by atoms with van der Waals surface area (Å²) in [5.74, 6) is -1.33. The molecule has 2 fully saturated rings. The van der Waals surface area contributed by atoms with Gasteiger partial charge in [-0.1, -0.05) is 0 Å². The molecule has 2 heterocycles. The van der Waals surface area contributed by atoms with E-state index in [1.54, 1.807) is 4.90 Å². The quantitative estimate of drug-likeness (QED) is 0.730. The second-order valence-corrected chi connectivity index (χ2v) is 5.02. The van der Waals surface area contributed by atoms with Crippen LogP contribution >= 0.6 is 0 Å². The summed E-state index contributed by atoms with van der Waals surface area (Å²) in [5.41, 5.74) is 5.51. The predicted molar refractivity (Wildman–Crippen MR) is 63.9 cm³/mol. The van der Waals surface area contributed by atoms with E-state index in [-0.39, 0.29) is 12.0 Å². The molecule has 0 aromatic rings. The molecule has 0 aliphatic carbocycles. The summed E-state index contributed by atoms with van der Waals surface area (Å²) in [5, 5.41) is 9.00. The van der Waals surface area contributed by atoms with E-state index in [9.17, 15) is 9.59 Å². The van der Waals surface area contributed by atoms with Crippen molar-refractivity contribution in [3.8, 4) is 0 Å². The van der Waals surface area contributed by atoms with Gasteiger partial charge in [-0.15, -0.1) is 0 Å². The largest absolute Gasteiger partial charge is 0.481 e. The Morgan fingerprint density at radius 1 is 1.33 bits per heavy atom. The van der Waals surface area contributed by atoms with Crippen LogP contribution in [0.3, 0.4) is 0 Å². The molecule has 0 aromatic heterocycles. The molecule has 2 aliphatic rings. The number of likely N-dealkylation sites (tertiary alicyclic amines) is 1. The van der Waals surface area contributed by atoms with E-state index in [1.165, 1.54) is 0 Å². The van der Waals surface area contributed by atoms with Crippen LogP contribution in [-0.2, 0) is 14.3 Å². The van der Waals surface area contributed by atoms with Crippen LogP contribution in [0.5, 0.6) is 0 Å². The molecule has 102 valence electrons. The Bertz CT molecular complexity index is 334. The SMILES string of the molecule is NCC1CCC(C(=O)N2CCCC(C(=O)O)C2)O1. The molecule has 0 radical (unpaired) electrons. The lowest BCUT2D eigenvalue weighted by Gasteiger charge is -2.32. The summed E-state index contributed by atoms with van der Waals surface area (Å²) in [4.78, 5) is 24.8. The number of rotatable bonds is 3. The summed E-state index contributed by atoms with van der Waals surface area (Å²) >= 11 is 0. The second kappa shape index (κ2) is 5.67. The number of carboxylic acid groups (broad SMARTS) is 1. The third-order valence-corrected chi connectivity index (χ3v) is 3.73. The number of carboxylic acids is 1. The van der Waals surface area contributed by atoms with E-state index in [0.29, 0.717) is 32.5 Å². The number of ether oxygens (including phenoxy) is 1. The molecule has 0 saturated carbocycles. The van der Waals surface area contributed by atoms with Crippen LogP contribution in [0.2, 0.25) is 0 Å². The normalized spacial score (nSPS) is 32.5. The van der Waals surface area contributed by atoms with Gasteiger partial charge >= 0.3 is 5.97 Å². The second-order valence-electron chi connectivity index (χ2n) is 5.02. The number of hydrogen-bond donors (Lipinski definition) is 2. The fourth-order valence-corrected chi connectivity index (χ4v) is 2.64. The lowest BCUT2D eigenvalue weighted by atomic mass is 9.97. The zero-order valence-electron chi connectivity index (χ0n) is 10.4. The van der Waals surface area contributed by atoms with Gasteiger partial charge in [0.1, 0.15) is 6.10 Å².